The van der Waals surface area contributed by atoms with E-state index in [1.165, 1.54) is 12.1 Å². The Hall–Kier alpha value is -2.15. The summed E-state index contributed by atoms with van der Waals surface area (Å²) in [6.07, 6.45) is -0.307. The van der Waals surface area contributed by atoms with Gasteiger partial charge in [-0.25, -0.2) is 4.39 Å². The van der Waals surface area contributed by atoms with Crippen LogP contribution in [0.3, 0.4) is 0 Å². The first kappa shape index (κ1) is 18.6. The van der Waals surface area contributed by atoms with Crippen molar-refractivity contribution in [2.24, 2.45) is 0 Å². The SMILES string of the molecule is Cc1cnccc1N1CCCN(Cc2cccc(F)c2C(F)(F)F)CC1. The highest BCUT2D eigenvalue weighted by Gasteiger charge is 2.37. The Morgan fingerprint density at radius 2 is 1.88 bits per heavy atom. The largest absolute Gasteiger partial charge is 0.419 e. The molecule has 3 nitrogen and oxygen atoms in total. The summed E-state index contributed by atoms with van der Waals surface area (Å²) in [5.41, 5.74) is 1.02. The Bertz CT molecular complexity index is 761. The van der Waals surface area contributed by atoms with E-state index in [0.717, 1.165) is 30.3 Å². The Morgan fingerprint density at radius 1 is 1.08 bits per heavy atom. The summed E-state index contributed by atoms with van der Waals surface area (Å²) in [5.74, 6) is -1.21. The smallest absolute Gasteiger partial charge is 0.370 e. The monoisotopic (exact) mass is 367 g/mol. The van der Waals surface area contributed by atoms with Crippen LogP contribution in [0.25, 0.3) is 0 Å². The molecule has 0 radical (unpaired) electrons. The van der Waals surface area contributed by atoms with Crippen molar-refractivity contribution in [2.75, 3.05) is 31.1 Å². The van der Waals surface area contributed by atoms with Crippen molar-refractivity contribution in [1.82, 2.24) is 9.88 Å². The van der Waals surface area contributed by atoms with Crippen molar-refractivity contribution in [3.63, 3.8) is 0 Å². The molecule has 0 amide bonds. The normalized spacial score (nSPS) is 16.6. The molecule has 0 spiro atoms. The summed E-state index contributed by atoms with van der Waals surface area (Å²) in [4.78, 5) is 8.28. The molecule has 2 heterocycles. The number of alkyl halides is 3. The van der Waals surface area contributed by atoms with Crippen LogP contribution in [0, 0.1) is 12.7 Å². The lowest BCUT2D eigenvalue weighted by Crippen LogP contribution is -2.31. The molecule has 1 aromatic carbocycles. The average Bonchev–Trinajstić information content (AvgIpc) is 2.80. The standard InChI is InChI=1S/C19H21F4N3/c1-14-12-24-7-6-17(14)26-9-3-8-25(10-11-26)13-15-4-2-5-16(20)18(15)19(21,22)23/h2,4-7,12H,3,8-11,13H2,1H3. The molecule has 140 valence electrons. The Kier molecular flexibility index (Phi) is 5.46. The number of rotatable bonds is 3. The van der Waals surface area contributed by atoms with Crippen LogP contribution in [-0.4, -0.2) is 36.1 Å². The molecule has 1 fully saturated rings. The fraction of sp³-hybridized carbons (Fsp3) is 0.421. The molecule has 1 saturated heterocycles. The van der Waals surface area contributed by atoms with Crippen LogP contribution in [0.15, 0.2) is 36.7 Å². The molecule has 1 aromatic heterocycles. The molecule has 0 unspecified atom stereocenters. The van der Waals surface area contributed by atoms with E-state index >= 15 is 0 Å². The Morgan fingerprint density at radius 3 is 2.62 bits per heavy atom. The molecule has 0 bridgehead atoms. The first-order chi connectivity index (χ1) is 12.4. The van der Waals surface area contributed by atoms with Crippen LogP contribution < -0.4 is 4.90 Å². The van der Waals surface area contributed by atoms with Gasteiger partial charge < -0.3 is 4.90 Å². The zero-order valence-electron chi connectivity index (χ0n) is 14.6. The van der Waals surface area contributed by atoms with Gasteiger partial charge in [-0.05, 0) is 36.6 Å². The third-order valence-electron chi connectivity index (χ3n) is 4.70. The molecule has 0 aliphatic carbocycles. The number of pyridine rings is 1. The quantitative estimate of drug-likeness (QED) is 0.756. The van der Waals surface area contributed by atoms with E-state index in [0.29, 0.717) is 19.6 Å². The number of nitrogens with zero attached hydrogens (tertiary/aromatic N) is 3. The van der Waals surface area contributed by atoms with Gasteiger partial charge in [0.15, 0.2) is 0 Å². The number of anilines is 1. The second-order valence-corrected chi connectivity index (χ2v) is 6.55. The van der Waals surface area contributed by atoms with E-state index in [4.69, 9.17) is 0 Å². The van der Waals surface area contributed by atoms with E-state index in [9.17, 15) is 17.6 Å². The van der Waals surface area contributed by atoms with Gasteiger partial charge in [-0.1, -0.05) is 12.1 Å². The molecule has 3 rings (SSSR count). The van der Waals surface area contributed by atoms with E-state index in [-0.39, 0.29) is 12.1 Å². The van der Waals surface area contributed by atoms with Crippen molar-refractivity contribution in [3.8, 4) is 0 Å². The number of benzene rings is 1. The zero-order valence-corrected chi connectivity index (χ0v) is 14.6. The second-order valence-electron chi connectivity index (χ2n) is 6.55. The lowest BCUT2D eigenvalue weighted by molar-refractivity contribution is -0.140. The van der Waals surface area contributed by atoms with Crippen LogP contribution in [0.2, 0.25) is 0 Å². The van der Waals surface area contributed by atoms with E-state index in [2.05, 4.69) is 9.88 Å². The van der Waals surface area contributed by atoms with Gasteiger partial charge in [0, 0.05) is 50.8 Å². The molecule has 1 aliphatic heterocycles. The van der Waals surface area contributed by atoms with Crippen LogP contribution in [-0.2, 0) is 12.7 Å². The van der Waals surface area contributed by atoms with Gasteiger partial charge >= 0.3 is 6.18 Å². The summed E-state index contributed by atoms with van der Waals surface area (Å²) >= 11 is 0. The maximum absolute atomic E-state index is 13.8. The minimum absolute atomic E-state index is 0.00829. The predicted octanol–water partition coefficient (Wildman–Crippen LogP) is 4.26. The van der Waals surface area contributed by atoms with Gasteiger partial charge in [-0.15, -0.1) is 0 Å². The summed E-state index contributed by atoms with van der Waals surface area (Å²) in [6, 6.07) is 5.52. The third-order valence-corrected chi connectivity index (χ3v) is 4.70. The molecular formula is C19H21F4N3. The zero-order chi connectivity index (χ0) is 18.7. The van der Waals surface area contributed by atoms with Crippen molar-refractivity contribution in [2.45, 2.75) is 26.1 Å². The molecule has 0 N–H and O–H groups in total. The van der Waals surface area contributed by atoms with Gasteiger partial charge in [-0.3, -0.25) is 9.88 Å². The number of hydrogen-bond donors (Lipinski definition) is 0. The first-order valence-corrected chi connectivity index (χ1v) is 8.59. The number of aryl methyl sites for hydroxylation is 1. The fourth-order valence-corrected chi connectivity index (χ4v) is 3.45. The van der Waals surface area contributed by atoms with E-state index in [1.54, 1.807) is 12.4 Å². The molecule has 2 aromatic rings. The summed E-state index contributed by atoms with van der Waals surface area (Å²) in [5, 5.41) is 0. The maximum atomic E-state index is 13.8. The molecule has 26 heavy (non-hydrogen) atoms. The van der Waals surface area contributed by atoms with E-state index < -0.39 is 17.6 Å². The van der Waals surface area contributed by atoms with E-state index in [1.807, 2.05) is 17.9 Å². The highest BCUT2D eigenvalue weighted by atomic mass is 19.4. The minimum atomic E-state index is -4.69. The van der Waals surface area contributed by atoms with Crippen LogP contribution in [0.5, 0.6) is 0 Å². The van der Waals surface area contributed by atoms with Crippen molar-refractivity contribution in [1.29, 1.82) is 0 Å². The molecule has 0 saturated carbocycles. The number of halogens is 4. The summed E-state index contributed by atoms with van der Waals surface area (Å²) in [7, 11) is 0. The Balaban J connectivity index is 1.74. The van der Waals surface area contributed by atoms with Gasteiger partial charge in [0.25, 0.3) is 0 Å². The van der Waals surface area contributed by atoms with Crippen LogP contribution >= 0.6 is 0 Å². The Labute approximate surface area is 150 Å². The van der Waals surface area contributed by atoms with Crippen LogP contribution in [0.4, 0.5) is 23.2 Å². The predicted molar refractivity (Wildman–Crippen MR) is 92.5 cm³/mol. The van der Waals surface area contributed by atoms with Gasteiger partial charge in [-0.2, -0.15) is 13.2 Å². The average molecular weight is 367 g/mol. The highest BCUT2D eigenvalue weighted by Crippen LogP contribution is 2.34. The maximum Gasteiger partial charge on any atom is 0.419 e. The number of hydrogen-bond acceptors (Lipinski definition) is 3. The van der Waals surface area contributed by atoms with Gasteiger partial charge in [0.2, 0.25) is 0 Å². The molecule has 7 heteroatoms. The highest BCUT2D eigenvalue weighted by molar-refractivity contribution is 5.51. The summed E-state index contributed by atoms with van der Waals surface area (Å²) < 4.78 is 53.4. The lowest BCUT2D eigenvalue weighted by Gasteiger charge is -2.25. The molecule has 1 aliphatic rings. The first-order valence-electron chi connectivity index (χ1n) is 8.59. The summed E-state index contributed by atoms with van der Waals surface area (Å²) in [6.45, 7) is 4.92. The topological polar surface area (TPSA) is 19.4 Å². The lowest BCUT2D eigenvalue weighted by atomic mass is 10.1. The van der Waals surface area contributed by atoms with Gasteiger partial charge in [0.1, 0.15) is 5.82 Å². The van der Waals surface area contributed by atoms with Crippen molar-refractivity contribution in [3.05, 3.63) is 59.2 Å². The third kappa shape index (κ3) is 4.15. The van der Waals surface area contributed by atoms with Gasteiger partial charge in [0.05, 0.1) is 5.56 Å². The fourth-order valence-electron chi connectivity index (χ4n) is 3.45. The van der Waals surface area contributed by atoms with Crippen LogP contribution in [0.1, 0.15) is 23.1 Å². The second kappa shape index (κ2) is 7.61. The minimum Gasteiger partial charge on any atom is -0.370 e. The molecular weight excluding hydrogens is 346 g/mol. The van der Waals surface area contributed by atoms with Crippen molar-refractivity contribution < 1.29 is 17.6 Å². The molecule has 0 atom stereocenters. The number of aromatic nitrogens is 1. The van der Waals surface area contributed by atoms with Crippen molar-refractivity contribution >= 4 is 5.69 Å².